The Hall–Kier alpha value is -2.79. The summed E-state index contributed by atoms with van der Waals surface area (Å²) in [7, 11) is -4.12. The van der Waals surface area contributed by atoms with Gasteiger partial charge in [-0.25, -0.2) is 13.9 Å². The monoisotopic (exact) mass is 477 g/mol. The van der Waals surface area contributed by atoms with Crippen molar-refractivity contribution in [2.45, 2.75) is 41.9 Å². The number of carbonyl (C=O) groups is 2. The lowest BCUT2D eigenvalue weighted by Crippen LogP contribution is -2.54. The quantitative estimate of drug-likeness (QED) is 0.282. The number of benzene rings is 2. The van der Waals surface area contributed by atoms with Gasteiger partial charge in [-0.15, -0.1) is 0 Å². The van der Waals surface area contributed by atoms with Crippen molar-refractivity contribution in [2.24, 2.45) is 0 Å². The van der Waals surface area contributed by atoms with Crippen LogP contribution in [0.2, 0.25) is 0 Å². The molecule has 0 saturated carbocycles. The number of aliphatic hydroxyl groups excluding tert-OH is 1. The van der Waals surface area contributed by atoms with Gasteiger partial charge in [-0.2, -0.15) is 0 Å². The van der Waals surface area contributed by atoms with E-state index in [1.807, 2.05) is 6.92 Å². The van der Waals surface area contributed by atoms with Crippen LogP contribution >= 0.6 is 0 Å². The second-order valence-corrected chi connectivity index (χ2v) is 10.2. The highest BCUT2D eigenvalue weighted by atomic mass is 32.2. The Labute approximate surface area is 192 Å². The average Bonchev–Trinajstić information content (AvgIpc) is 2.84. The lowest BCUT2D eigenvalue weighted by atomic mass is 9.98. The van der Waals surface area contributed by atoms with E-state index in [-0.39, 0.29) is 44.0 Å². The van der Waals surface area contributed by atoms with E-state index < -0.39 is 32.4 Å². The van der Waals surface area contributed by atoms with E-state index >= 15 is 0 Å². The zero-order valence-corrected chi connectivity index (χ0v) is 19.0. The van der Waals surface area contributed by atoms with Crippen LogP contribution in [0.4, 0.5) is 0 Å². The number of aryl methyl sites for hydroxylation is 1. The summed E-state index contributed by atoms with van der Waals surface area (Å²) in [5.74, 6) is -1.04. The predicted octanol–water partition coefficient (Wildman–Crippen LogP) is 1.84. The van der Waals surface area contributed by atoms with Crippen LogP contribution in [0.5, 0.6) is 5.75 Å². The topological polar surface area (TPSA) is 139 Å². The third-order valence-corrected chi connectivity index (χ3v) is 8.28. The van der Waals surface area contributed by atoms with Crippen LogP contribution in [0.1, 0.15) is 35.2 Å². The predicted molar refractivity (Wildman–Crippen MR) is 118 cm³/mol. The van der Waals surface area contributed by atoms with Gasteiger partial charge in [0.2, 0.25) is 0 Å². The van der Waals surface area contributed by atoms with Crippen LogP contribution in [-0.2, 0) is 19.4 Å². The average molecular weight is 478 g/mol. The van der Waals surface area contributed by atoms with Gasteiger partial charge in [-0.1, -0.05) is 29.8 Å². The number of aliphatic hydroxyl groups is 1. The number of Topliss-reactive ketones (excluding diaryl/α,β-unsaturated/α-hetero) is 1. The second kappa shape index (κ2) is 10.4. The van der Waals surface area contributed by atoms with Gasteiger partial charge in [-0.05, 0) is 44.0 Å². The number of carbonyl (C=O) groups excluding carboxylic acids is 2. The number of rotatable bonds is 9. The third kappa shape index (κ3) is 5.25. The molecule has 10 heteroatoms. The Bertz CT molecular complexity index is 1070. The highest BCUT2D eigenvalue weighted by Gasteiger charge is 2.52. The summed E-state index contributed by atoms with van der Waals surface area (Å²) in [6.45, 7) is 2.11. The van der Waals surface area contributed by atoms with Crippen molar-refractivity contribution >= 4 is 21.5 Å². The fourth-order valence-electron chi connectivity index (χ4n) is 3.69. The Morgan fingerprint density at radius 1 is 1.09 bits per heavy atom. The Balaban J connectivity index is 1.63. The van der Waals surface area contributed by atoms with Gasteiger partial charge in [0.15, 0.2) is 20.4 Å². The van der Waals surface area contributed by atoms with E-state index in [9.17, 15) is 23.1 Å². The number of hydrogen-bond donors (Lipinski definition) is 3. The molecule has 0 bridgehead atoms. The van der Waals surface area contributed by atoms with Crippen LogP contribution < -0.4 is 10.2 Å². The molecule has 178 valence electrons. The summed E-state index contributed by atoms with van der Waals surface area (Å²) in [6, 6.07) is 12.4. The van der Waals surface area contributed by atoms with E-state index in [0.29, 0.717) is 11.3 Å². The lowest BCUT2D eigenvalue weighted by molar-refractivity contribution is -0.134. The molecule has 2 aromatic rings. The number of hydrogen-bond acceptors (Lipinski definition) is 8. The summed E-state index contributed by atoms with van der Waals surface area (Å²) in [6.07, 6.45) is -1.32. The van der Waals surface area contributed by atoms with E-state index in [1.54, 1.807) is 24.3 Å². The Kier molecular flexibility index (Phi) is 7.85. The Morgan fingerprint density at radius 2 is 1.70 bits per heavy atom. The molecule has 0 spiro atoms. The largest absolute Gasteiger partial charge is 0.493 e. The first-order chi connectivity index (χ1) is 15.7. The van der Waals surface area contributed by atoms with Crippen molar-refractivity contribution in [1.29, 1.82) is 0 Å². The molecule has 1 saturated heterocycles. The summed E-state index contributed by atoms with van der Waals surface area (Å²) in [4.78, 5) is 24.5. The van der Waals surface area contributed by atoms with Crippen molar-refractivity contribution in [2.75, 3.05) is 19.8 Å². The number of nitrogens with one attached hydrogen (secondary N) is 1. The van der Waals surface area contributed by atoms with E-state index in [4.69, 9.17) is 14.7 Å². The van der Waals surface area contributed by atoms with Crippen molar-refractivity contribution in [3.63, 3.8) is 0 Å². The summed E-state index contributed by atoms with van der Waals surface area (Å²) < 4.78 is 35.4. The number of sulfone groups is 1. The minimum Gasteiger partial charge on any atom is -0.493 e. The fraction of sp³-hybridized carbons (Fsp3) is 0.391. The molecule has 0 aromatic heterocycles. The SMILES string of the molecule is Cc1ccc(C(=O)[C@H](O)CCOc2ccc(S(=O)(=O)C3(C(=O)NO)CCOCC3)cc2)cc1. The molecule has 0 aliphatic carbocycles. The molecule has 2 aromatic carbocycles. The molecule has 0 radical (unpaired) electrons. The molecule has 9 nitrogen and oxygen atoms in total. The molecule has 1 atom stereocenters. The normalized spacial score (nSPS) is 16.6. The molecule has 3 N–H and O–H groups in total. The molecule has 1 amide bonds. The van der Waals surface area contributed by atoms with Crippen LogP contribution in [0.3, 0.4) is 0 Å². The standard InChI is InChI=1S/C23H27NO8S/c1-16-2-4-17(5-3-16)21(26)20(25)10-13-32-18-6-8-19(9-7-18)33(29,30)23(22(27)24-28)11-14-31-15-12-23/h2-9,20,25,28H,10-15H2,1H3,(H,24,27)/t20-/m1/s1. The van der Waals surface area contributed by atoms with Crippen molar-refractivity contribution in [1.82, 2.24) is 5.48 Å². The van der Waals surface area contributed by atoms with Crippen molar-refractivity contribution in [3.05, 3.63) is 59.7 Å². The van der Waals surface area contributed by atoms with E-state index in [0.717, 1.165) is 5.56 Å². The fourth-order valence-corrected chi connectivity index (χ4v) is 5.63. The molecule has 1 aliphatic rings. The third-order valence-electron chi connectivity index (χ3n) is 5.76. The van der Waals surface area contributed by atoms with Gasteiger partial charge in [0, 0.05) is 25.2 Å². The number of amides is 1. The summed E-state index contributed by atoms with van der Waals surface area (Å²) >= 11 is 0. The van der Waals surface area contributed by atoms with Gasteiger partial charge in [-0.3, -0.25) is 14.8 Å². The molecule has 1 aliphatic heterocycles. The first-order valence-electron chi connectivity index (χ1n) is 10.5. The maximum absolute atomic E-state index is 13.2. The molecule has 3 rings (SSSR count). The number of ketones is 1. The molecule has 33 heavy (non-hydrogen) atoms. The molecular formula is C23H27NO8S. The smallest absolute Gasteiger partial charge is 0.265 e. The maximum atomic E-state index is 13.2. The van der Waals surface area contributed by atoms with Crippen LogP contribution in [0, 0.1) is 6.92 Å². The van der Waals surface area contributed by atoms with Crippen molar-refractivity contribution in [3.8, 4) is 5.75 Å². The van der Waals surface area contributed by atoms with Gasteiger partial charge in [0.25, 0.3) is 5.91 Å². The molecular weight excluding hydrogens is 450 g/mol. The second-order valence-electron chi connectivity index (χ2n) is 7.91. The van der Waals surface area contributed by atoms with Gasteiger partial charge in [0.1, 0.15) is 11.9 Å². The maximum Gasteiger partial charge on any atom is 0.265 e. The highest BCUT2D eigenvalue weighted by molar-refractivity contribution is 7.93. The first-order valence-corrected chi connectivity index (χ1v) is 12.0. The minimum absolute atomic E-state index is 0.0407. The lowest BCUT2D eigenvalue weighted by Gasteiger charge is -2.34. The Morgan fingerprint density at radius 3 is 2.27 bits per heavy atom. The highest BCUT2D eigenvalue weighted by Crippen LogP contribution is 2.35. The molecule has 0 unspecified atom stereocenters. The van der Waals surface area contributed by atoms with Crippen molar-refractivity contribution < 1.29 is 37.8 Å². The first kappa shape index (κ1) is 24.8. The zero-order chi connectivity index (χ0) is 24.1. The number of hydroxylamine groups is 1. The van der Waals surface area contributed by atoms with E-state index in [1.165, 1.54) is 29.7 Å². The van der Waals surface area contributed by atoms with Crippen LogP contribution in [0.15, 0.2) is 53.4 Å². The van der Waals surface area contributed by atoms with E-state index in [2.05, 4.69) is 0 Å². The number of ether oxygens (including phenoxy) is 2. The molecule has 1 fully saturated rings. The van der Waals surface area contributed by atoms with Gasteiger partial charge in [0.05, 0.1) is 11.5 Å². The zero-order valence-electron chi connectivity index (χ0n) is 18.2. The summed E-state index contributed by atoms with van der Waals surface area (Å²) in [5.41, 5.74) is 2.90. The van der Waals surface area contributed by atoms with Crippen LogP contribution in [-0.4, -0.2) is 61.1 Å². The van der Waals surface area contributed by atoms with Gasteiger partial charge >= 0.3 is 0 Å². The van der Waals surface area contributed by atoms with Gasteiger partial charge < -0.3 is 14.6 Å². The van der Waals surface area contributed by atoms with Crippen LogP contribution in [0.25, 0.3) is 0 Å². The molecule has 1 heterocycles. The minimum atomic E-state index is -4.12. The summed E-state index contributed by atoms with van der Waals surface area (Å²) in [5, 5.41) is 19.2.